The molecule has 1 heterocycles. The van der Waals surface area contributed by atoms with Gasteiger partial charge in [-0.05, 0) is 68.4 Å². The number of alkyl halides is 1. The summed E-state index contributed by atoms with van der Waals surface area (Å²) < 4.78 is 5.86. The fraction of sp³-hybridized carbons (Fsp3) is 0.667. The molecule has 1 aromatic carbocycles. The van der Waals surface area contributed by atoms with E-state index in [9.17, 15) is 4.79 Å². The summed E-state index contributed by atoms with van der Waals surface area (Å²) in [5.41, 5.74) is 1.06. The molecule has 25 heavy (non-hydrogen) atoms. The molecule has 1 amide bonds. The minimum absolute atomic E-state index is 0.103. The van der Waals surface area contributed by atoms with E-state index in [1.54, 1.807) is 0 Å². The van der Waals surface area contributed by atoms with Gasteiger partial charge in [0.1, 0.15) is 5.75 Å². The third kappa shape index (κ3) is 2.75. The number of carbonyl (C=O) groups excluding carboxylic acids is 1. The standard InChI is InChI=1S/C21H26ClNO2/c22-21-9-14-5-15(10-21)8-20(7-14,13-21)19(24)23-11-16-6-17-3-1-2-4-18(17)25-12-16/h1-4,14-16H,5-13H2,(H,23,24)/t14-,15-,16+,20?,21?/m1/s1. The highest BCUT2D eigenvalue weighted by atomic mass is 35.5. The van der Waals surface area contributed by atoms with Crippen LogP contribution in [0.3, 0.4) is 0 Å². The predicted octanol–water partition coefficient (Wildman–Crippen LogP) is 3.93. The molecule has 134 valence electrons. The summed E-state index contributed by atoms with van der Waals surface area (Å²) in [6.45, 7) is 1.40. The predicted molar refractivity (Wildman–Crippen MR) is 97.8 cm³/mol. The molecule has 4 bridgehead atoms. The van der Waals surface area contributed by atoms with Gasteiger partial charge in [0.05, 0.1) is 12.0 Å². The third-order valence-electron chi connectivity index (χ3n) is 6.98. The number of amides is 1. The smallest absolute Gasteiger partial charge is 0.226 e. The van der Waals surface area contributed by atoms with Crippen molar-refractivity contribution in [1.29, 1.82) is 0 Å². The molecule has 1 aromatic rings. The first-order chi connectivity index (χ1) is 12.0. The normalized spacial score (nSPS) is 41.1. The van der Waals surface area contributed by atoms with Gasteiger partial charge in [-0.25, -0.2) is 0 Å². The molecule has 0 saturated heterocycles. The van der Waals surface area contributed by atoms with Gasteiger partial charge in [0.15, 0.2) is 0 Å². The lowest BCUT2D eigenvalue weighted by molar-refractivity contribution is -0.144. The van der Waals surface area contributed by atoms with Crippen LogP contribution in [-0.4, -0.2) is 23.9 Å². The first kappa shape index (κ1) is 16.0. The average molecular weight is 360 g/mol. The molecule has 4 heteroatoms. The molecule has 0 spiro atoms. The highest BCUT2D eigenvalue weighted by Crippen LogP contribution is 2.63. The Bertz CT molecular complexity index is 689. The number of halogens is 1. The van der Waals surface area contributed by atoms with Crippen molar-refractivity contribution < 1.29 is 9.53 Å². The molecule has 3 atom stereocenters. The number of para-hydroxylation sites is 1. The quantitative estimate of drug-likeness (QED) is 0.830. The molecule has 3 nitrogen and oxygen atoms in total. The lowest BCUT2D eigenvalue weighted by Crippen LogP contribution is -2.58. The van der Waals surface area contributed by atoms with E-state index in [1.165, 1.54) is 12.0 Å². The lowest BCUT2D eigenvalue weighted by Gasteiger charge is -2.59. The fourth-order valence-corrected chi connectivity index (χ4v) is 7.06. The van der Waals surface area contributed by atoms with Crippen molar-refractivity contribution in [2.45, 2.75) is 49.8 Å². The van der Waals surface area contributed by atoms with E-state index in [0.29, 0.717) is 30.9 Å². The number of hydrogen-bond donors (Lipinski definition) is 1. The Morgan fingerprint density at radius 3 is 2.72 bits per heavy atom. The first-order valence-corrected chi connectivity index (χ1v) is 10.1. The molecule has 0 radical (unpaired) electrons. The van der Waals surface area contributed by atoms with Gasteiger partial charge in [-0.3, -0.25) is 4.79 Å². The van der Waals surface area contributed by atoms with Gasteiger partial charge in [-0.2, -0.15) is 0 Å². The molecule has 1 N–H and O–H groups in total. The Hall–Kier alpha value is -1.22. The number of carbonyl (C=O) groups is 1. The van der Waals surface area contributed by atoms with Crippen molar-refractivity contribution in [2.24, 2.45) is 23.2 Å². The molecule has 4 aliphatic carbocycles. The molecular weight excluding hydrogens is 334 g/mol. The van der Waals surface area contributed by atoms with E-state index in [4.69, 9.17) is 16.3 Å². The van der Waals surface area contributed by atoms with E-state index in [0.717, 1.165) is 44.3 Å². The van der Waals surface area contributed by atoms with Gasteiger partial charge in [0, 0.05) is 17.3 Å². The Balaban J connectivity index is 1.24. The van der Waals surface area contributed by atoms with Gasteiger partial charge in [0.25, 0.3) is 0 Å². The van der Waals surface area contributed by atoms with Crippen LogP contribution in [0.25, 0.3) is 0 Å². The molecule has 0 unspecified atom stereocenters. The summed E-state index contributed by atoms with van der Waals surface area (Å²) in [4.78, 5) is 13.0. The largest absolute Gasteiger partial charge is 0.493 e. The SMILES string of the molecule is O=C(NC[C@H]1COc2ccccc2C1)C12C[C@H]3C[C@@H](CC(Cl)(C3)C1)C2. The molecule has 6 rings (SSSR count). The van der Waals surface area contributed by atoms with E-state index in [2.05, 4.69) is 17.4 Å². The fourth-order valence-electron chi connectivity index (χ4n) is 6.36. The summed E-state index contributed by atoms with van der Waals surface area (Å²) in [5.74, 6) is 2.93. The Morgan fingerprint density at radius 1 is 1.20 bits per heavy atom. The van der Waals surface area contributed by atoms with Crippen LogP contribution in [0.5, 0.6) is 5.75 Å². The second-order valence-corrected chi connectivity index (χ2v) is 9.89. The molecular formula is C21H26ClNO2. The van der Waals surface area contributed by atoms with Crippen LogP contribution in [0.2, 0.25) is 0 Å². The number of rotatable bonds is 3. The number of benzene rings is 1. The van der Waals surface area contributed by atoms with E-state index < -0.39 is 0 Å². The number of hydrogen-bond acceptors (Lipinski definition) is 2. The van der Waals surface area contributed by atoms with Gasteiger partial charge in [-0.1, -0.05) is 18.2 Å². The van der Waals surface area contributed by atoms with Crippen LogP contribution in [-0.2, 0) is 11.2 Å². The van der Waals surface area contributed by atoms with E-state index in [1.807, 2.05) is 12.1 Å². The Morgan fingerprint density at radius 2 is 1.96 bits per heavy atom. The van der Waals surface area contributed by atoms with Crippen molar-refractivity contribution >= 4 is 17.5 Å². The first-order valence-electron chi connectivity index (χ1n) is 9.72. The Labute approximate surface area is 154 Å². The van der Waals surface area contributed by atoms with Crippen LogP contribution in [0.15, 0.2) is 24.3 Å². The van der Waals surface area contributed by atoms with Gasteiger partial charge in [0.2, 0.25) is 5.91 Å². The summed E-state index contributed by atoms with van der Waals surface area (Å²) >= 11 is 6.87. The lowest BCUT2D eigenvalue weighted by atomic mass is 9.49. The molecule has 5 aliphatic rings. The summed E-state index contributed by atoms with van der Waals surface area (Å²) in [5, 5.41) is 3.28. The Kier molecular flexibility index (Phi) is 3.61. The third-order valence-corrected chi connectivity index (χ3v) is 7.42. The summed E-state index contributed by atoms with van der Waals surface area (Å²) in [6.07, 6.45) is 7.48. The average Bonchev–Trinajstić information content (AvgIpc) is 2.57. The van der Waals surface area contributed by atoms with Crippen molar-refractivity contribution in [3.05, 3.63) is 29.8 Å². The maximum atomic E-state index is 13.1. The highest BCUT2D eigenvalue weighted by Gasteiger charge is 2.60. The zero-order valence-electron chi connectivity index (χ0n) is 14.6. The van der Waals surface area contributed by atoms with E-state index in [-0.39, 0.29) is 16.2 Å². The topological polar surface area (TPSA) is 38.3 Å². The maximum Gasteiger partial charge on any atom is 0.226 e. The number of ether oxygens (including phenoxy) is 1. The molecule has 1 aliphatic heterocycles. The summed E-state index contributed by atoms with van der Waals surface area (Å²) in [7, 11) is 0. The van der Waals surface area contributed by atoms with Gasteiger partial charge in [-0.15, -0.1) is 11.6 Å². The van der Waals surface area contributed by atoms with E-state index >= 15 is 0 Å². The summed E-state index contributed by atoms with van der Waals surface area (Å²) in [6, 6.07) is 8.22. The molecule has 4 fully saturated rings. The number of fused-ring (bicyclic) bond motifs is 1. The zero-order chi connectivity index (χ0) is 17.1. The van der Waals surface area contributed by atoms with Crippen molar-refractivity contribution in [1.82, 2.24) is 5.32 Å². The van der Waals surface area contributed by atoms with Crippen LogP contribution in [0.4, 0.5) is 0 Å². The number of nitrogens with one attached hydrogen (secondary N) is 1. The second-order valence-electron chi connectivity index (χ2n) is 9.09. The second kappa shape index (κ2) is 5.64. The molecule has 4 saturated carbocycles. The minimum atomic E-state index is -0.195. The van der Waals surface area contributed by atoms with Crippen LogP contribution in [0.1, 0.15) is 44.1 Å². The highest BCUT2D eigenvalue weighted by molar-refractivity contribution is 6.24. The zero-order valence-corrected chi connectivity index (χ0v) is 15.4. The van der Waals surface area contributed by atoms with Gasteiger partial charge >= 0.3 is 0 Å². The maximum absolute atomic E-state index is 13.1. The minimum Gasteiger partial charge on any atom is -0.493 e. The van der Waals surface area contributed by atoms with Crippen LogP contribution in [0, 0.1) is 23.2 Å². The van der Waals surface area contributed by atoms with Gasteiger partial charge < -0.3 is 10.1 Å². The van der Waals surface area contributed by atoms with Crippen LogP contribution < -0.4 is 10.1 Å². The molecule has 0 aromatic heterocycles. The monoisotopic (exact) mass is 359 g/mol. The van der Waals surface area contributed by atoms with Crippen molar-refractivity contribution in [3.63, 3.8) is 0 Å². The van der Waals surface area contributed by atoms with Crippen molar-refractivity contribution in [2.75, 3.05) is 13.2 Å². The van der Waals surface area contributed by atoms with Crippen molar-refractivity contribution in [3.8, 4) is 5.75 Å². The van der Waals surface area contributed by atoms with Crippen LogP contribution >= 0.6 is 11.6 Å².